The molecule has 0 amide bonds. The lowest BCUT2D eigenvalue weighted by atomic mass is 10.2. The summed E-state index contributed by atoms with van der Waals surface area (Å²) in [6.07, 6.45) is 6.10. The molecular weight excluding hydrogens is 508 g/mol. The zero-order chi connectivity index (χ0) is 27.3. The van der Waals surface area contributed by atoms with Gasteiger partial charge in [-0.05, 0) is 44.7 Å². The molecule has 0 aliphatic heterocycles. The second kappa shape index (κ2) is 12.1. The Bertz CT molecular complexity index is 1430. The maximum atomic E-state index is 12.8. The molecule has 2 aromatic carbocycles. The highest BCUT2D eigenvalue weighted by Gasteiger charge is 2.36. The van der Waals surface area contributed by atoms with Crippen LogP contribution in [0.25, 0.3) is 11.0 Å². The van der Waals surface area contributed by atoms with Gasteiger partial charge in [0.05, 0.1) is 35.2 Å². The molecule has 38 heavy (non-hydrogen) atoms. The van der Waals surface area contributed by atoms with Crippen LogP contribution in [0.4, 0.5) is 5.69 Å². The monoisotopic (exact) mass is 546 g/mol. The average Bonchev–Trinajstić information content (AvgIpc) is 3.73. The van der Waals surface area contributed by atoms with Crippen LogP contribution in [0.15, 0.2) is 35.1 Å². The van der Waals surface area contributed by atoms with Gasteiger partial charge < -0.3 is 19.9 Å². The molecule has 0 unspecified atom stereocenters. The van der Waals surface area contributed by atoms with E-state index in [9.17, 15) is 13.2 Å². The highest BCUT2D eigenvalue weighted by atomic mass is 32.2. The van der Waals surface area contributed by atoms with Crippen molar-refractivity contribution < 1.29 is 22.6 Å². The average molecular weight is 547 g/mol. The Morgan fingerprint density at radius 2 is 1.50 bits per heavy atom. The van der Waals surface area contributed by atoms with Crippen LogP contribution in [0.5, 0.6) is 23.0 Å². The molecule has 3 N–H and O–H groups in total. The molecule has 0 atom stereocenters. The van der Waals surface area contributed by atoms with Crippen LogP contribution in [0.2, 0.25) is 0 Å². The van der Waals surface area contributed by atoms with E-state index in [2.05, 4.69) is 4.72 Å². The fourth-order valence-electron chi connectivity index (χ4n) is 4.21. The lowest BCUT2D eigenvalue weighted by Gasteiger charge is -2.16. The van der Waals surface area contributed by atoms with Crippen molar-refractivity contribution in [3.05, 3.63) is 40.8 Å². The molecule has 11 heteroatoms. The highest BCUT2D eigenvalue weighted by molar-refractivity contribution is 7.93. The van der Waals surface area contributed by atoms with Crippen molar-refractivity contribution in [1.29, 1.82) is 0 Å². The molecular formula is C27H38N4O6S. The zero-order valence-corrected chi connectivity index (χ0v) is 23.2. The first-order chi connectivity index (χ1) is 18.2. The van der Waals surface area contributed by atoms with Crippen LogP contribution < -0.4 is 30.4 Å². The topological polar surface area (TPSA) is 127 Å². The molecule has 1 aromatic heterocycles. The summed E-state index contributed by atoms with van der Waals surface area (Å²) in [5.74, 6) is 1.91. The van der Waals surface area contributed by atoms with Crippen molar-refractivity contribution in [1.82, 2.24) is 9.13 Å². The number of hydrogen-bond donors (Lipinski definition) is 2. The Morgan fingerprint density at radius 1 is 0.895 bits per heavy atom. The van der Waals surface area contributed by atoms with E-state index in [0.29, 0.717) is 60.9 Å². The summed E-state index contributed by atoms with van der Waals surface area (Å²) in [5.41, 5.74) is 6.83. The third-order valence-corrected chi connectivity index (χ3v) is 8.36. The van der Waals surface area contributed by atoms with Crippen LogP contribution in [0.3, 0.4) is 0 Å². The van der Waals surface area contributed by atoms with Crippen molar-refractivity contribution in [3.63, 3.8) is 0 Å². The van der Waals surface area contributed by atoms with E-state index >= 15 is 0 Å². The summed E-state index contributed by atoms with van der Waals surface area (Å²) in [6, 6.07) is 8.65. The number of ether oxygens (including phenoxy) is 3. The summed E-state index contributed by atoms with van der Waals surface area (Å²) >= 11 is 0. The fraction of sp³-hybridized carbons (Fsp3) is 0.519. The molecule has 208 valence electrons. The first-order valence-electron chi connectivity index (χ1n) is 13.2. The predicted octanol–water partition coefficient (Wildman–Crippen LogP) is 4.26. The quantitative estimate of drug-likeness (QED) is 0.273. The Kier molecular flexibility index (Phi) is 8.88. The molecule has 4 rings (SSSR count). The highest BCUT2D eigenvalue weighted by Crippen LogP contribution is 2.39. The molecule has 0 spiro atoms. The van der Waals surface area contributed by atoms with Gasteiger partial charge in [0.2, 0.25) is 10.0 Å². The third-order valence-electron chi connectivity index (χ3n) is 6.51. The van der Waals surface area contributed by atoms with Crippen molar-refractivity contribution in [2.24, 2.45) is 19.8 Å². The van der Waals surface area contributed by atoms with E-state index < -0.39 is 15.3 Å². The number of nitrogens with zero attached hydrogens (tertiary/aromatic N) is 2. The molecule has 1 aliphatic carbocycles. The van der Waals surface area contributed by atoms with Gasteiger partial charge in [0.15, 0.2) is 5.75 Å². The minimum Gasteiger partial charge on any atom is -0.493 e. The number of aromatic nitrogens is 2. The van der Waals surface area contributed by atoms with Gasteiger partial charge in [-0.15, -0.1) is 0 Å². The number of nitrogens with two attached hydrogens (primary N) is 1. The van der Waals surface area contributed by atoms with Crippen molar-refractivity contribution in [2.75, 3.05) is 24.5 Å². The van der Waals surface area contributed by atoms with E-state index in [1.807, 2.05) is 13.0 Å². The SMILES string of the molecule is CCCOc1cc(OCCCCCCN)cc(Oc2cc3c(cc2NS(=O)(=O)C2CC2)n(C)c(=O)n3C)c1. The van der Waals surface area contributed by atoms with Gasteiger partial charge in [0.25, 0.3) is 0 Å². The van der Waals surface area contributed by atoms with Gasteiger partial charge in [-0.1, -0.05) is 19.8 Å². The number of sulfonamides is 1. The van der Waals surface area contributed by atoms with Crippen LogP contribution in [0.1, 0.15) is 51.9 Å². The summed E-state index contributed by atoms with van der Waals surface area (Å²) < 4.78 is 49.4. The number of anilines is 1. The number of rotatable bonds is 15. The Balaban J connectivity index is 1.66. The van der Waals surface area contributed by atoms with E-state index in [-0.39, 0.29) is 17.1 Å². The van der Waals surface area contributed by atoms with Crippen molar-refractivity contribution >= 4 is 26.7 Å². The molecule has 0 saturated heterocycles. The lowest BCUT2D eigenvalue weighted by Crippen LogP contribution is -2.19. The zero-order valence-electron chi connectivity index (χ0n) is 22.4. The maximum absolute atomic E-state index is 12.8. The molecule has 1 fully saturated rings. The smallest absolute Gasteiger partial charge is 0.328 e. The third kappa shape index (κ3) is 6.63. The molecule has 1 aliphatic rings. The van der Waals surface area contributed by atoms with Gasteiger partial charge in [0, 0.05) is 38.4 Å². The minimum atomic E-state index is -3.57. The number of benzene rings is 2. The lowest BCUT2D eigenvalue weighted by molar-refractivity contribution is 0.292. The minimum absolute atomic E-state index is 0.217. The predicted molar refractivity (Wildman–Crippen MR) is 149 cm³/mol. The summed E-state index contributed by atoms with van der Waals surface area (Å²) in [6.45, 7) is 3.80. The standard InChI is InChI=1S/C27H38N4O6S/c1-4-12-35-19-14-20(36-13-8-6-5-7-11-28)16-21(15-19)37-26-18-25-24(30(2)27(32)31(25)3)17-23(26)29-38(33,34)22-9-10-22/h14-18,22,29H,4-13,28H2,1-3H3. The molecule has 10 nitrogen and oxygen atoms in total. The first kappa shape index (κ1) is 27.8. The summed E-state index contributed by atoms with van der Waals surface area (Å²) in [7, 11) is -0.252. The van der Waals surface area contributed by atoms with Crippen LogP contribution >= 0.6 is 0 Å². The van der Waals surface area contributed by atoms with Crippen molar-refractivity contribution in [3.8, 4) is 23.0 Å². The van der Waals surface area contributed by atoms with Crippen LogP contribution in [-0.2, 0) is 24.1 Å². The summed E-state index contributed by atoms with van der Waals surface area (Å²) in [4.78, 5) is 12.6. The number of unbranched alkanes of at least 4 members (excludes halogenated alkanes) is 3. The normalized spacial score (nSPS) is 13.6. The maximum Gasteiger partial charge on any atom is 0.328 e. The van der Waals surface area contributed by atoms with Crippen LogP contribution in [0, 0.1) is 0 Å². The molecule has 0 bridgehead atoms. The van der Waals surface area contributed by atoms with E-state index in [1.54, 1.807) is 38.4 Å². The van der Waals surface area contributed by atoms with E-state index in [4.69, 9.17) is 19.9 Å². The fourth-order valence-corrected chi connectivity index (χ4v) is 5.60. The molecule has 0 radical (unpaired) electrons. The Hall–Kier alpha value is -3.18. The first-order valence-corrected chi connectivity index (χ1v) is 14.8. The number of imidazole rings is 1. The van der Waals surface area contributed by atoms with Crippen LogP contribution in [-0.4, -0.2) is 42.6 Å². The van der Waals surface area contributed by atoms with Gasteiger partial charge >= 0.3 is 5.69 Å². The summed E-state index contributed by atoms with van der Waals surface area (Å²) in [5, 5.41) is -0.415. The second-order valence-corrected chi connectivity index (χ2v) is 11.7. The van der Waals surface area contributed by atoms with Gasteiger partial charge in [0.1, 0.15) is 17.2 Å². The van der Waals surface area contributed by atoms with Crippen molar-refractivity contribution in [2.45, 2.75) is 57.1 Å². The molecule has 1 heterocycles. The number of hydrogen-bond acceptors (Lipinski definition) is 7. The number of fused-ring (bicyclic) bond motifs is 1. The Morgan fingerprint density at radius 3 is 2.13 bits per heavy atom. The molecule has 1 saturated carbocycles. The van der Waals surface area contributed by atoms with E-state index in [0.717, 1.165) is 32.1 Å². The molecule has 3 aromatic rings. The van der Waals surface area contributed by atoms with Gasteiger partial charge in [-0.25, -0.2) is 13.2 Å². The Labute approximate surface area is 223 Å². The second-order valence-electron chi connectivity index (χ2n) is 9.73. The number of aryl methyl sites for hydroxylation is 2. The van der Waals surface area contributed by atoms with Gasteiger partial charge in [-0.2, -0.15) is 0 Å². The van der Waals surface area contributed by atoms with Gasteiger partial charge in [-0.3, -0.25) is 13.9 Å². The number of nitrogens with one attached hydrogen (secondary N) is 1. The van der Waals surface area contributed by atoms with E-state index in [1.165, 1.54) is 9.13 Å². The largest absolute Gasteiger partial charge is 0.493 e.